The number of hydrogen-bond donors (Lipinski definition) is 1. The number of likely N-dealkylation sites (tertiary alicyclic amines) is 1. The Labute approximate surface area is 122 Å². The number of rotatable bonds is 2. The maximum Gasteiger partial charge on any atom is 0.318 e. The molecule has 6 heteroatoms. The molecule has 0 aliphatic carbocycles. The molecular formula is C15H18FN3O2. The predicted octanol–water partition coefficient (Wildman–Crippen LogP) is 1.74. The summed E-state index contributed by atoms with van der Waals surface area (Å²) in [6.45, 7) is 2.05. The van der Waals surface area contributed by atoms with Gasteiger partial charge in [-0.3, -0.25) is 4.79 Å². The first-order chi connectivity index (χ1) is 10.1. The lowest BCUT2D eigenvalue weighted by Crippen LogP contribution is -2.57. The highest BCUT2D eigenvalue weighted by molar-refractivity contribution is 5.99. The number of piperidine rings is 1. The maximum absolute atomic E-state index is 13.3. The Morgan fingerprint density at radius 3 is 2.71 bits per heavy atom. The molecule has 21 heavy (non-hydrogen) atoms. The quantitative estimate of drug-likeness (QED) is 0.902. The van der Waals surface area contributed by atoms with E-state index in [1.807, 2.05) is 0 Å². The van der Waals surface area contributed by atoms with Crippen LogP contribution in [0.5, 0.6) is 0 Å². The molecule has 2 aliphatic rings. The molecule has 1 aromatic carbocycles. The first kappa shape index (κ1) is 13.9. The van der Waals surface area contributed by atoms with Gasteiger partial charge in [0, 0.05) is 25.3 Å². The van der Waals surface area contributed by atoms with E-state index in [0.717, 1.165) is 25.9 Å². The lowest BCUT2D eigenvalue weighted by Gasteiger charge is -2.36. The molecule has 112 valence electrons. The van der Waals surface area contributed by atoms with Crippen molar-refractivity contribution >= 4 is 17.6 Å². The molecule has 0 radical (unpaired) electrons. The van der Waals surface area contributed by atoms with Gasteiger partial charge in [0.15, 0.2) is 0 Å². The Kier molecular flexibility index (Phi) is 3.77. The molecule has 2 fully saturated rings. The Balaban J connectivity index is 1.69. The Morgan fingerprint density at radius 2 is 2.05 bits per heavy atom. The van der Waals surface area contributed by atoms with E-state index in [0.29, 0.717) is 18.7 Å². The molecular weight excluding hydrogens is 273 g/mol. The average Bonchev–Trinajstić information content (AvgIpc) is 2.39. The molecule has 0 aromatic heterocycles. The minimum Gasteiger partial charge on any atom is -0.326 e. The molecule has 2 heterocycles. The van der Waals surface area contributed by atoms with Crippen molar-refractivity contribution in [2.75, 3.05) is 24.5 Å². The van der Waals surface area contributed by atoms with Gasteiger partial charge in [-0.1, -0.05) is 6.07 Å². The second kappa shape index (κ2) is 5.71. The fourth-order valence-corrected chi connectivity index (χ4v) is 2.67. The van der Waals surface area contributed by atoms with E-state index in [1.54, 1.807) is 21.9 Å². The monoisotopic (exact) mass is 291 g/mol. The molecule has 2 aliphatic heterocycles. The number of nitrogens with zero attached hydrogens (tertiary/aromatic N) is 2. The standard InChI is InChI=1S/C15H18FN3O2/c16-11-4-1-5-12(10-11)19-9-2-6-13(14(19)20)17-15(21)18-7-3-8-18/h1,4-5,10,13H,2-3,6-9H2,(H,17,21)/t13-/m1/s1. The molecule has 0 saturated carbocycles. The zero-order chi connectivity index (χ0) is 14.8. The topological polar surface area (TPSA) is 52.7 Å². The van der Waals surface area contributed by atoms with Crippen LogP contribution in [0.25, 0.3) is 0 Å². The lowest BCUT2D eigenvalue weighted by molar-refractivity contribution is -0.121. The van der Waals surface area contributed by atoms with E-state index in [4.69, 9.17) is 0 Å². The fraction of sp³-hybridized carbons (Fsp3) is 0.467. The van der Waals surface area contributed by atoms with E-state index in [9.17, 15) is 14.0 Å². The van der Waals surface area contributed by atoms with Crippen LogP contribution < -0.4 is 10.2 Å². The van der Waals surface area contributed by atoms with Crippen LogP contribution in [0.15, 0.2) is 24.3 Å². The molecule has 1 aromatic rings. The molecule has 3 amide bonds. The zero-order valence-electron chi connectivity index (χ0n) is 11.7. The molecule has 0 spiro atoms. The van der Waals surface area contributed by atoms with Gasteiger partial charge in [0.1, 0.15) is 11.9 Å². The first-order valence-corrected chi connectivity index (χ1v) is 7.27. The van der Waals surface area contributed by atoms with Gasteiger partial charge >= 0.3 is 6.03 Å². The number of anilines is 1. The van der Waals surface area contributed by atoms with Crippen LogP contribution in [0.3, 0.4) is 0 Å². The Morgan fingerprint density at radius 1 is 1.24 bits per heavy atom. The lowest BCUT2D eigenvalue weighted by atomic mass is 10.0. The van der Waals surface area contributed by atoms with Crippen LogP contribution in [-0.2, 0) is 4.79 Å². The van der Waals surface area contributed by atoms with Crippen molar-refractivity contribution in [3.05, 3.63) is 30.1 Å². The van der Waals surface area contributed by atoms with Crippen molar-refractivity contribution in [1.29, 1.82) is 0 Å². The highest BCUT2D eigenvalue weighted by Gasteiger charge is 2.32. The zero-order valence-corrected chi connectivity index (χ0v) is 11.7. The minimum absolute atomic E-state index is 0.166. The van der Waals surface area contributed by atoms with Crippen molar-refractivity contribution in [3.8, 4) is 0 Å². The fourth-order valence-electron chi connectivity index (χ4n) is 2.67. The van der Waals surface area contributed by atoms with Gasteiger partial charge in [-0.2, -0.15) is 0 Å². The van der Waals surface area contributed by atoms with Crippen LogP contribution in [0.4, 0.5) is 14.9 Å². The van der Waals surface area contributed by atoms with Crippen molar-refractivity contribution < 1.29 is 14.0 Å². The van der Waals surface area contributed by atoms with E-state index < -0.39 is 6.04 Å². The van der Waals surface area contributed by atoms with Gasteiger partial charge in [-0.05, 0) is 37.5 Å². The summed E-state index contributed by atoms with van der Waals surface area (Å²) in [5, 5.41) is 2.79. The number of carbonyl (C=O) groups is 2. The highest BCUT2D eigenvalue weighted by atomic mass is 19.1. The van der Waals surface area contributed by atoms with Crippen molar-refractivity contribution in [2.45, 2.75) is 25.3 Å². The molecule has 1 N–H and O–H groups in total. The molecule has 2 saturated heterocycles. The number of benzene rings is 1. The summed E-state index contributed by atoms with van der Waals surface area (Å²) in [5.41, 5.74) is 0.544. The van der Waals surface area contributed by atoms with E-state index in [-0.39, 0.29) is 17.8 Å². The molecule has 1 atom stereocenters. The van der Waals surface area contributed by atoms with Crippen LogP contribution in [0.2, 0.25) is 0 Å². The third kappa shape index (κ3) is 2.84. The number of amides is 3. The number of halogens is 1. The van der Waals surface area contributed by atoms with E-state index in [2.05, 4.69) is 5.32 Å². The van der Waals surface area contributed by atoms with Crippen molar-refractivity contribution in [2.24, 2.45) is 0 Å². The second-order valence-electron chi connectivity index (χ2n) is 5.45. The van der Waals surface area contributed by atoms with Crippen LogP contribution in [0, 0.1) is 5.82 Å². The van der Waals surface area contributed by atoms with Gasteiger partial charge in [0.05, 0.1) is 0 Å². The third-order valence-electron chi connectivity index (χ3n) is 4.00. The number of urea groups is 1. The summed E-state index contributed by atoms with van der Waals surface area (Å²) >= 11 is 0. The number of nitrogens with one attached hydrogen (secondary N) is 1. The molecule has 3 rings (SSSR count). The van der Waals surface area contributed by atoms with Gasteiger partial charge in [0.2, 0.25) is 5.91 Å². The van der Waals surface area contributed by atoms with Crippen molar-refractivity contribution in [3.63, 3.8) is 0 Å². The van der Waals surface area contributed by atoms with Gasteiger partial charge < -0.3 is 15.1 Å². The molecule has 0 bridgehead atoms. The normalized spacial score (nSPS) is 22.0. The Bertz CT molecular complexity index is 560. The predicted molar refractivity (Wildman–Crippen MR) is 76.5 cm³/mol. The molecule has 0 unspecified atom stereocenters. The summed E-state index contributed by atoms with van der Waals surface area (Å²) in [5.74, 6) is -0.534. The van der Waals surface area contributed by atoms with Crippen LogP contribution in [0.1, 0.15) is 19.3 Å². The van der Waals surface area contributed by atoms with E-state index in [1.165, 1.54) is 12.1 Å². The SMILES string of the molecule is O=C(N[C@@H]1CCCN(c2cccc(F)c2)C1=O)N1CCC1. The summed E-state index contributed by atoms with van der Waals surface area (Å²) in [4.78, 5) is 27.6. The number of carbonyl (C=O) groups excluding carboxylic acids is 2. The second-order valence-corrected chi connectivity index (χ2v) is 5.45. The Hall–Kier alpha value is -2.11. The van der Waals surface area contributed by atoms with Gasteiger partial charge in [-0.15, -0.1) is 0 Å². The highest BCUT2D eigenvalue weighted by Crippen LogP contribution is 2.22. The number of hydrogen-bond acceptors (Lipinski definition) is 2. The summed E-state index contributed by atoms with van der Waals surface area (Å²) in [6, 6.07) is 5.29. The summed E-state index contributed by atoms with van der Waals surface area (Å²) in [6.07, 6.45) is 2.43. The minimum atomic E-state index is -0.518. The van der Waals surface area contributed by atoms with Crippen molar-refractivity contribution in [1.82, 2.24) is 10.2 Å². The third-order valence-corrected chi connectivity index (χ3v) is 4.00. The summed E-state index contributed by atoms with van der Waals surface area (Å²) in [7, 11) is 0. The van der Waals surface area contributed by atoms with Gasteiger partial charge in [0.25, 0.3) is 0 Å². The molecule has 5 nitrogen and oxygen atoms in total. The average molecular weight is 291 g/mol. The van der Waals surface area contributed by atoms with Crippen LogP contribution in [-0.4, -0.2) is 42.5 Å². The van der Waals surface area contributed by atoms with Gasteiger partial charge in [-0.25, -0.2) is 9.18 Å². The maximum atomic E-state index is 13.3. The summed E-state index contributed by atoms with van der Waals surface area (Å²) < 4.78 is 13.3. The van der Waals surface area contributed by atoms with Crippen LogP contribution >= 0.6 is 0 Å². The largest absolute Gasteiger partial charge is 0.326 e. The first-order valence-electron chi connectivity index (χ1n) is 7.27. The smallest absolute Gasteiger partial charge is 0.318 e. The van der Waals surface area contributed by atoms with E-state index >= 15 is 0 Å².